The van der Waals surface area contributed by atoms with Crippen molar-refractivity contribution in [2.75, 3.05) is 26.7 Å². The average molecular weight is 352 g/mol. The zero-order chi connectivity index (χ0) is 17.7. The molecular weight excluding hydrogens is 322 g/mol. The van der Waals surface area contributed by atoms with Crippen LogP contribution in [0, 0.1) is 19.8 Å². The van der Waals surface area contributed by atoms with Crippen LogP contribution in [0.1, 0.15) is 35.8 Å². The predicted molar refractivity (Wildman–Crippen MR) is 99.6 cm³/mol. The summed E-state index contributed by atoms with van der Waals surface area (Å²) >= 11 is 1.76. The lowest BCUT2D eigenvalue weighted by Crippen LogP contribution is -2.45. The van der Waals surface area contributed by atoms with E-state index in [4.69, 9.17) is 0 Å². The Balaban J connectivity index is 1.77. The van der Waals surface area contributed by atoms with Gasteiger partial charge in [0, 0.05) is 49.9 Å². The number of aliphatic imine (C=N–C) groups is 1. The van der Waals surface area contributed by atoms with Crippen molar-refractivity contribution in [3.63, 3.8) is 0 Å². The quantitative estimate of drug-likeness (QED) is 0.626. The number of aromatic nitrogens is 1. The van der Waals surface area contributed by atoms with Crippen molar-refractivity contribution in [3.05, 3.63) is 15.6 Å². The second-order valence-electron chi connectivity index (χ2n) is 6.56. The second kappa shape index (κ2) is 8.46. The molecule has 7 heteroatoms. The Morgan fingerprint density at radius 2 is 2.21 bits per heavy atom. The fraction of sp³-hybridized carbons (Fsp3) is 0.706. The van der Waals surface area contributed by atoms with E-state index in [1.54, 1.807) is 18.4 Å². The molecule has 2 heterocycles. The normalized spacial score (nSPS) is 18.3. The molecule has 1 fully saturated rings. The minimum Gasteiger partial charge on any atom is -0.356 e. The first-order valence-electron chi connectivity index (χ1n) is 8.59. The number of rotatable bonds is 5. The molecule has 0 radical (unpaired) electrons. The van der Waals surface area contributed by atoms with Crippen LogP contribution in [0.2, 0.25) is 0 Å². The maximum Gasteiger partial charge on any atom is 0.225 e. The van der Waals surface area contributed by atoms with E-state index in [0.29, 0.717) is 0 Å². The van der Waals surface area contributed by atoms with Gasteiger partial charge in [-0.25, -0.2) is 4.98 Å². The van der Waals surface area contributed by atoms with E-state index in [1.807, 2.05) is 25.7 Å². The van der Waals surface area contributed by atoms with Gasteiger partial charge < -0.3 is 15.5 Å². The summed E-state index contributed by atoms with van der Waals surface area (Å²) in [6.45, 7) is 10.4. The number of amides is 1. The van der Waals surface area contributed by atoms with Crippen LogP contribution in [0.25, 0.3) is 0 Å². The number of hydrogen-bond donors (Lipinski definition) is 2. The number of hydrogen-bond acceptors (Lipinski definition) is 4. The third-order valence-electron chi connectivity index (χ3n) is 4.20. The lowest BCUT2D eigenvalue weighted by molar-refractivity contribution is -0.133. The predicted octanol–water partition coefficient (Wildman–Crippen LogP) is 1.72. The number of carbonyl (C=O) groups excluding carboxylic acids is 1. The molecule has 0 saturated carbocycles. The van der Waals surface area contributed by atoms with E-state index < -0.39 is 0 Å². The summed E-state index contributed by atoms with van der Waals surface area (Å²) in [7, 11) is 1.78. The van der Waals surface area contributed by atoms with Crippen molar-refractivity contribution in [3.8, 4) is 0 Å². The van der Waals surface area contributed by atoms with E-state index in [-0.39, 0.29) is 17.9 Å². The van der Waals surface area contributed by atoms with E-state index in [1.165, 1.54) is 4.88 Å². The largest absolute Gasteiger partial charge is 0.356 e. The Bertz CT molecular complexity index is 596. The molecule has 24 heavy (non-hydrogen) atoms. The van der Waals surface area contributed by atoms with Crippen LogP contribution < -0.4 is 10.6 Å². The lowest BCUT2D eigenvalue weighted by atomic mass is 10.2. The maximum atomic E-state index is 12.1. The van der Waals surface area contributed by atoms with Crippen LogP contribution in [0.5, 0.6) is 0 Å². The molecule has 0 spiro atoms. The molecule has 2 N–H and O–H groups in total. The fourth-order valence-corrected chi connectivity index (χ4v) is 3.87. The zero-order valence-electron chi connectivity index (χ0n) is 15.3. The summed E-state index contributed by atoms with van der Waals surface area (Å²) in [4.78, 5) is 24.1. The first-order valence-corrected chi connectivity index (χ1v) is 9.41. The van der Waals surface area contributed by atoms with Gasteiger partial charge in [-0.15, -0.1) is 11.3 Å². The summed E-state index contributed by atoms with van der Waals surface area (Å²) < 4.78 is 0. The molecule has 1 amide bonds. The Morgan fingerprint density at radius 1 is 1.46 bits per heavy atom. The number of carbonyl (C=O) groups is 1. The van der Waals surface area contributed by atoms with Crippen molar-refractivity contribution >= 4 is 23.2 Å². The highest BCUT2D eigenvalue weighted by Gasteiger charge is 2.27. The van der Waals surface area contributed by atoms with E-state index in [9.17, 15) is 4.79 Å². The first-order chi connectivity index (χ1) is 11.4. The number of guanidine groups is 1. The highest BCUT2D eigenvalue weighted by Crippen LogP contribution is 2.17. The summed E-state index contributed by atoms with van der Waals surface area (Å²) in [5.41, 5.74) is 1.13. The Morgan fingerprint density at radius 3 is 2.79 bits per heavy atom. The third-order valence-corrected chi connectivity index (χ3v) is 5.34. The molecule has 2 rings (SSSR count). The van der Waals surface area contributed by atoms with Crippen LogP contribution in [-0.2, 0) is 11.2 Å². The Labute approximate surface area is 148 Å². The van der Waals surface area contributed by atoms with Crippen LogP contribution in [0.3, 0.4) is 0 Å². The van der Waals surface area contributed by atoms with E-state index in [2.05, 4.69) is 27.5 Å². The number of thiazole rings is 1. The second-order valence-corrected chi connectivity index (χ2v) is 7.85. The van der Waals surface area contributed by atoms with Crippen LogP contribution >= 0.6 is 11.3 Å². The van der Waals surface area contributed by atoms with Crippen LogP contribution in [0.15, 0.2) is 4.99 Å². The van der Waals surface area contributed by atoms with Gasteiger partial charge in [0.15, 0.2) is 5.96 Å². The highest BCUT2D eigenvalue weighted by atomic mass is 32.1. The van der Waals surface area contributed by atoms with Gasteiger partial charge in [0.2, 0.25) is 5.91 Å². The fourth-order valence-electron chi connectivity index (χ4n) is 2.93. The van der Waals surface area contributed by atoms with E-state index in [0.717, 1.165) is 49.1 Å². The van der Waals surface area contributed by atoms with Crippen molar-refractivity contribution < 1.29 is 4.79 Å². The van der Waals surface area contributed by atoms with Gasteiger partial charge >= 0.3 is 0 Å². The van der Waals surface area contributed by atoms with E-state index >= 15 is 0 Å². The molecule has 0 aromatic carbocycles. The number of nitrogens with zero attached hydrogens (tertiary/aromatic N) is 3. The SMILES string of the molecule is CN=C(NCCc1sc(C)nc1C)NC1CCN(C(=O)C(C)C)C1. The number of likely N-dealkylation sites (tertiary alicyclic amines) is 1. The standard InChI is InChI=1S/C17H29N5OS/c1-11(2)16(23)22-9-7-14(10-22)21-17(18-5)19-8-6-15-12(3)20-13(4)24-15/h11,14H,6-10H2,1-5H3,(H2,18,19,21). The average Bonchev–Trinajstić information content (AvgIpc) is 3.12. The van der Waals surface area contributed by atoms with Gasteiger partial charge in [0.05, 0.1) is 10.7 Å². The molecule has 0 aliphatic carbocycles. The summed E-state index contributed by atoms with van der Waals surface area (Å²) in [5, 5.41) is 7.91. The molecule has 1 aromatic heterocycles. The van der Waals surface area contributed by atoms with Crippen molar-refractivity contribution in [1.82, 2.24) is 20.5 Å². The first kappa shape index (κ1) is 18.7. The molecule has 1 aromatic rings. The summed E-state index contributed by atoms with van der Waals surface area (Å²) in [6, 6.07) is 0.270. The lowest BCUT2D eigenvalue weighted by Gasteiger charge is -2.20. The van der Waals surface area contributed by atoms with Gasteiger partial charge in [-0.2, -0.15) is 0 Å². The van der Waals surface area contributed by atoms with Gasteiger partial charge in [-0.05, 0) is 20.3 Å². The molecule has 0 bridgehead atoms. The molecule has 6 nitrogen and oxygen atoms in total. The molecule has 1 unspecified atom stereocenters. The maximum absolute atomic E-state index is 12.1. The number of aryl methyl sites for hydroxylation is 2. The summed E-state index contributed by atoms with van der Waals surface area (Å²) in [5.74, 6) is 1.10. The highest BCUT2D eigenvalue weighted by molar-refractivity contribution is 7.11. The molecular formula is C17H29N5OS. The van der Waals surface area contributed by atoms with Crippen molar-refractivity contribution in [2.45, 2.75) is 46.6 Å². The van der Waals surface area contributed by atoms with Gasteiger partial charge in [0.1, 0.15) is 0 Å². The molecule has 1 saturated heterocycles. The third kappa shape index (κ3) is 4.93. The minimum absolute atomic E-state index is 0.0623. The number of nitrogens with one attached hydrogen (secondary N) is 2. The van der Waals surface area contributed by atoms with Crippen molar-refractivity contribution in [2.24, 2.45) is 10.9 Å². The minimum atomic E-state index is 0.0623. The topological polar surface area (TPSA) is 69.6 Å². The Hall–Kier alpha value is -1.63. The van der Waals surface area contributed by atoms with Gasteiger partial charge in [-0.1, -0.05) is 13.8 Å². The Kier molecular flexibility index (Phi) is 6.60. The van der Waals surface area contributed by atoms with Gasteiger partial charge in [0.25, 0.3) is 0 Å². The monoisotopic (exact) mass is 351 g/mol. The molecule has 1 aliphatic heterocycles. The summed E-state index contributed by atoms with van der Waals surface area (Å²) in [6.07, 6.45) is 1.91. The molecule has 134 valence electrons. The molecule has 1 atom stereocenters. The molecule has 1 aliphatic rings. The van der Waals surface area contributed by atoms with Gasteiger partial charge in [-0.3, -0.25) is 9.79 Å². The smallest absolute Gasteiger partial charge is 0.225 e. The zero-order valence-corrected chi connectivity index (χ0v) is 16.2. The van der Waals surface area contributed by atoms with Crippen LogP contribution in [-0.4, -0.2) is 54.5 Å². The van der Waals surface area contributed by atoms with Crippen LogP contribution in [0.4, 0.5) is 0 Å². The van der Waals surface area contributed by atoms with Crippen molar-refractivity contribution in [1.29, 1.82) is 0 Å².